The third-order valence-corrected chi connectivity index (χ3v) is 6.38. The number of piperidine rings is 1. The largest absolute Gasteiger partial charge is 0.465 e. The van der Waals surface area contributed by atoms with Crippen molar-refractivity contribution in [3.05, 3.63) is 29.8 Å². The summed E-state index contributed by atoms with van der Waals surface area (Å²) in [7, 11) is 0. The molecule has 0 bridgehead atoms. The molecule has 1 aromatic carbocycles. The first-order valence-corrected chi connectivity index (χ1v) is 11.5. The normalized spacial score (nSPS) is 22.2. The summed E-state index contributed by atoms with van der Waals surface area (Å²) in [6.45, 7) is 6.23. The summed E-state index contributed by atoms with van der Waals surface area (Å²) in [5.74, 6) is 0.514. The molecule has 31 heavy (non-hydrogen) atoms. The highest BCUT2D eigenvalue weighted by Gasteiger charge is 2.31. The van der Waals surface area contributed by atoms with E-state index < -0.39 is 0 Å². The Labute approximate surface area is 185 Å². The Morgan fingerprint density at radius 1 is 1.06 bits per heavy atom. The van der Waals surface area contributed by atoms with Crippen LogP contribution < -0.4 is 16.0 Å². The van der Waals surface area contributed by atoms with Crippen molar-refractivity contribution in [1.29, 1.82) is 5.41 Å². The summed E-state index contributed by atoms with van der Waals surface area (Å²) in [6.07, 6.45) is 4.92. The average molecular weight is 429 g/mol. The maximum atomic E-state index is 12.8. The molecule has 170 valence electrons. The predicted octanol–water partition coefficient (Wildman–Crippen LogP) is 3.06. The number of rotatable bonds is 7. The SMILES string of the molecule is CC(C)COC(=O)C1CCC(NC(=O)C2CCN(c3ccc(C(=N)N)cc3)CC2)CC1. The van der Waals surface area contributed by atoms with Crippen LogP contribution in [0.1, 0.15) is 57.9 Å². The summed E-state index contributed by atoms with van der Waals surface area (Å²) < 4.78 is 5.37. The number of esters is 1. The first-order valence-electron chi connectivity index (χ1n) is 11.5. The quantitative estimate of drug-likeness (QED) is 0.351. The standard InChI is InChI=1S/C24H36N4O3/c1-16(2)15-31-24(30)19-3-7-20(8-4-19)27-23(29)18-11-13-28(14-12-18)21-9-5-17(6-10-21)22(25)26/h5-6,9-10,16,18-20H,3-4,7-8,11-15H2,1-2H3,(H3,25,26)(H,27,29). The highest BCUT2D eigenvalue weighted by atomic mass is 16.5. The predicted molar refractivity (Wildman–Crippen MR) is 122 cm³/mol. The van der Waals surface area contributed by atoms with Crippen LogP contribution in [0.2, 0.25) is 0 Å². The van der Waals surface area contributed by atoms with E-state index in [0.29, 0.717) is 12.5 Å². The minimum Gasteiger partial charge on any atom is -0.465 e. The van der Waals surface area contributed by atoms with Gasteiger partial charge in [0.15, 0.2) is 0 Å². The molecule has 1 aromatic rings. The number of carbonyl (C=O) groups is 2. The van der Waals surface area contributed by atoms with Crippen LogP contribution in [0.15, 0.2) is 24.3 Å². The van der Waals surface area contributed by atoms with Gasteiger partial charge in [-0.2, -0.15) is 0 Å². The Morgan fingerprint density at radius 3 is 2.23 bits per heavy atom. The number of nitrogens with zero attached hydrogens (tertiary/aromatic N) is 1. The zero-order chi connectivity index (χ0) is 22.4. The van der Waals surface area contributed by atoms with Crippen LogP contribution in [0.3, 0.4) is 0 Å². The Hall–Kier alpha value is -2.57. The van der Waals surface area contributed by atoms with Crippen LogP contribution >= 0.6 is 0 Å². The Bertz CT molecular complexity index is 762. The number of nitrogens with one attached hydrogen (secondary N) is 2. The fourth-order valence-corrected chi connectivity index (χ4v) is 4.41. The highest BCUT2D eigenvalue weighted by Crippen LogP contribution is 2.27. The lowest BCUT2D eigenvalue weighted by atomic mass is 9.85. The molecule has 0 aromatic heterocycles. The first kappa shape index (κ1) is 23.1. The summed E-state index contributed by atoms with van der Waals surface area (Å²) in [5.41, 5.74) is 7.35. The van der Waals surface area contributed by atoms with E-state index in [1.54, 1.807) is 0 Å². The monoisotopic (exact) mass is 428 g/mol. The number of anilines is 1. The van der Waals surface area contributed by atoms with Crippen molar-refractivity contribution in [2.45, 2.75) is 58.4 Å². The molecule has 3 rings (SSSR count). The van der Waals surface area contributed by atoms with E-state index in [2.05, 4.69) is 10.2 Å². The number of amides is 1. The van der Waals surface area contributed by atoms with Gasteiger partial charge >= 0.3 is 5.97 Å². The molecular weight excluding hydrogens is 392 g/mol. The van der Waals surface area contributed by atoms with E-state index >= 15 is 0 Å². The number of benzene rings is 1. The second-order valence-electron chi connectivity index (χ2n) is 9.30. The van der Waals surface area contributed by atoms with E-state index in [1.165, 1.54) is 0 Å². The van der Waals surface area contributed by atoms with Gasteiger partial charge in [-0.1, -0.05) is 13.8 Å². The maximum absolute atomic E-state index is 12.8. The number of hydrogen-bond acceptors (Lipinski definition) is 5. The van der Waals surface area contributed by atoms with Gasteiger partial charge < -0.3 is 20.7 Å². The number of amidine groups is 1. The average Bonchev–Trinajstić information content (AvgIpc) is 2.78. The number of nitrogen functional groups attached to an aromatic ring is 1. The molecule has 1 aliphatic carbocycles. The molecule has 7 nitrogen and oxygen atoms in total. The van der Waals surface area contributed by atoms with Gasteiger partial charge in [-0.25, -0.2) is 0 Å². The van der Waals surface area contributed by atoms with Crippen molar-refractivity contribution in [1.82, 2.24) is 5.32 Å². The second-order valence-corrected chi connectivity index (χ2v) is 9.30. The van der Waals surface area contributed by atoms with Crippen molar-refractivity contribution < 1.29 is 14.3 Å². The van der Waals surface area contributed by atoms with Crippen LogP contribution in [-0.2, 0) is 14.3 Å². The van der Waals surface area contributed by atoms with Crippen molar-refractivity contribution in [3.8, 4) is 0 Å². The van der Waals surface area contributed by atoms with Gasteiger partial charge in [-0.3, -0.25) is 15.0 Å². The lowest BCUT2D eigenvalue weighted by Gasteiger charge is -2.34. The van der Waals surface area contributed by atoms with Crippen LogP contribution in [-0.4, -0.2) is 43.5 Å². The molecule has 2 fully saturated rings. The van der Waals surface area contributed by atoms with Gasteiger partial charge in [0.05, 0.1) is 12.5 Å². The summed E-state index contributed by atoms with van der Waals surface area (Å²) in [5, 5.41) is 10.7. The molecule has 0 atom stereocenters. The third kappa shape index (κ3) is 6.45. The van der Waals surface area contributed by atoms with Crippen LogP contribution in [0.25, 0.3) is 0 Å². The van der Waals surface area contributed by atoms with Gasteiger partial charge in [0.1, 0.15) is 5.84 Å². The summed E-state index contributed by atoms with van der Waals surface area (Å²) in [6, 6.07) is 7.87. The lowest BCUT2D eigenvalue weighted by molar-refractivity contribution is -0.150. The number of nitrogens with two attached hydrogens (primary N) is 1. The van der Waals surface area contributed by atoms with E-state index in [4.69, 9.17) is 15.9 Å². The molecule has 1 amide bonds. The van der Waals surface area contributed by atoms with Crippen LogP contribution in [0.4, 0.5) is 5.69 Å². The Balaban J connectivity index is 1.39. The molecule has 1 saturated heterocycles. The molecule has 0 unspecified atom stereocenters. The minimum atomic E-state index is -0.0813. The van der Waals surface area contributed by atoms with E-state index in [0.717, 1.165) is 62.9 Å². The second kappa shape index (κ2) is 10.6. The maximum Gasteiger partial charge on any atom is 0.308 e. The smallest absolute Gasteiger partial charge is 0.308 e. The summed E-state index contributed by atoms with van der Waals surface area (Å²) >= 11 is 0. The van der Waals surface area contributed by atoms with E-state index in [-0.39, 0.29) is 35.6 Å². The minimum absolute atomic E-state index is 0.0236. The van der Waals surface area contributed by atoms with Gasteiger partial charge in [-0.15, -0.1) is 0 Å². The fourth-order valence-electron chi connectivity index (χ4n) is 4.41. The molecule has 0 spiro atoms. The molecular formula is C24H36N4O3. The van der Waals surface area contributed by atoms with E-state index in [1.807, 2.05) is 38.1 Å². The molecule has 1 saturated carbocycles. The number of ether oxygens (including phenoxy) is 1. The Morgan fingerprint density at radius 2 is 1.68 bits per heavy atom. The first-order chi connectivity index (χ1) is 14.8. The summed E-state index contributed by atoms with van der Waals surface area (Å²) in [4.78, 5) is 27.2. The lowest BCUT2D eigenvalue weighted by Crippen LogP contribution is -2.45. The van der Waals surface area contributed by atoms with Crippen molar-refractivity contribution in [2.75, 3.05) is 24.6 Å². The molecule has 2 aliphatic rings. The van der Waals surface area contributed by atoms with Crippen molar-refractivity contribution in [3.63, 3.8) is 0 Å². The highest BCUT2D eigenvalue weighted by molar-refractivity contribution is 5.95. The zero-order valence-electron chi connectivity index (χ0n) is 18.7. The topological polar surface area (TPSA) is 109 Å². The van der Waals surface area contributed by atoms with Crippen molar-refractivity contribution >= 4 is 23.4 Å². The van der Waals surface area contributed by atoms with Crippen molar-refractivity contribution in [2.24, 2.45) is 23.5 Å². The number of carbonyl (C=O) groups excluding carboxylic acids is 2. The molecule has 0 radical (unpaired) electrons. The molecule has 1 aliphatic heterocycles. The third-order valence-electron chi connectivity index (χ3n) is 6.38. The van der Waals surface area contributed by atoms with Crippen LogP contribution in [0, 0.1) is 23.2 Å². The van der Waals surface area contributed by atoms with E-state index in [9.17, 15) is 9.59 Å². The Kier molecular flexibility index (Phi) is 7.93. The van der Waals surface area contributed by atoms with Crippen LogP contribution in [0.5, 0.6) is 0 Å². The van der Waals surface area contributed by atoms with Gasteiger partial charge in [0.25, 0.3) is 0 Å². The molecule has 4 N–H and O–H groups in total. The fraction of sp³-hybridized carbons (Fsp3) is 0.625. The zero-order valence-corrected chi connectivity index (χ0v) is 18.7. The molecule has 1 heterocycles. The van der Waals surface area contributed by atoms with Gasteiger partial charge in [0.2, 0.25) is 5.91 Å². The van der Waals surface area contributed by atoms with Gasteiger partial charge in [-0.05, 0) is 68.7 Å². The number of hydrogen-bond donors (Lipinski definition) is 3. The van der Waals surface area contributed by atoms with Gasteiger partial charge in [0, 0.05) is 36.3 Å². The molecule has 7 heteroatoms.